The van der Waals surface area contributed by atoms with Crippen molar-refractivity contribution in [2.75, 3.05) is 0 Å². The van der Waals surface area contributed by atoms with E-state index in [0.717, 1.165) is 5.56 Å². The van der Waals surface area contributed by atoms with E-state index in [9.17, 15) is 4.39 Å². The molecule has 0 fully saturated rings. The zero-order valence-electron chi connectivity index (χ0n) is 9.67. The third-order valence-corrected chi connectivity index (χ3v) is 1.91. The van der Waals surface area contributed by atoms with Crippen molar-refractivity contribution in [2.24, 2.45) is 0 Å². The first-order valence-corrected chi connectivity index (χ1v) is 5.07. The Morgan fingerprint density at radius 3 is 2.20 bits per heavy atom. The fourth-order valence-electron chi connectivity index (χ4n) is 1.08. The number of hydrogen-bond donors (Lipinski definition) is 1. The third kappa shape index (κ3) is 4.40. The van der Waals surface area contributed by atoms with E-state index in [-0.39, 0.29) is 17.5 Å². The van der Waals surface area contributed by atoms with Crippen molar-refractivity contribution in [3.63, 3.8) is 0 Å². The van der Waals surface area contributed by atoms with Gasteiger partial charge in [-0.2, -0.15) is 5.48 Å². The van der Waals surface area contributed by atoms with E-state index in [1.807, 2.05) is 27.7 Å². The predicted molar refractivity (Wildman–Crippen MR) is 58.8 cm³/mol. The number of benzene rings is 1. The molecule has 0 aliphatic carbocycles. The summed E-state index contributed by atoms with van der Waals surface area (Å²) in [6, 6.07) is 6.44. The minimum Gasteiger partial charge on any atom is -0.296 e. The van der Waals surface area contributed by atoms with Crippen molar-refractivity contribution < 1.29 is 9.23 Å². The molecule has 0 aromatic heterocycles. The Bertz CT molecular complexity index is 302. The topological polar surface area (TPSA) is 21.3 Å². The van der Waals surface area contributed by atoms with Gasteiger partial charge in [-0.1, -0.05) is 12.1 Å². The second kappa shape index (κ2) is 4.73. The zero-order valence-corrected chi connectivity index (χ0v) is 9.67. The number of nitrogens with one attached hydrogen (secondary N) is 1. The summed E-state index contributed by atoms with van der Waals surface area (Å²) < 4.78 is 12.7. The van der Waals surface area contributed by atoms with Crippen molar-refractivity contribution >= 4 is 0 Å². The molecule has 1 N–H and O–H groups in total. The highest BCUT2D eigenvalue weighted by molar-refractivity contribution is 5.18. The van der Waals surface area contributed by atoms with Gasteiger partial charge < -0.3 is 0 Å². The molecule has 0 bridgehead atoms. The van der Waals surface area contributed by atoms with Gasteiger partial charge in [-0.15, -0.1) is 0 Å². The summed E-state index contributed by atoms with van der Waals surface area (Å²) in [7, 11) is 0. The van der Waals surface area contributed by atoms with Crippen LogP contribution in [0.4, 0.5) is 4.39 Å². The van der Waals surface area contributed by atoms with E-state index in [1.165, 1.54) is 12.1 Å². The highest BCUT2D eigenvalue weighted by Crippen LogP contribution is 2.14. The molecule has 0 aliphatic rings. The lowest BCUT2D eigenvalue weighted by Gasteiger charge is -2.23. The van der Waals surface area contributed by atoms with Gasteiger partial charge >= 0.3 is 0 Å². The van der Waals surface area contributed by atoms with Crippen LogP contribution < -0.4 is 5.48 Å². The van der Waals surface area contributed by atoms with E-state index in [4.69, 9.17) is 4.84 Å². The second-order valence-electron chi connectivity index (χ2n) is 4.61. The molecule has 15 heavy (non-hydrogen) atoms. The molecule has 0 amide bonds. The smallest absolute Gasteiger partial charge is 0.123 e. The maximum absolute atomic E-state index is 12.7. The summed E-state index contributed by atoms with van der Waals surface area (Å²) in [4.78, 5) is 5.43. The van der Waals surface area contributed by atoms with E-state index in [2.05, 4.69) is 5.48 Å². The monoisotopic (exact) mass is 211 g/mol. The minimum atomic E-state index is -0.228. The molecule has 0 saturated heterocycles. The molecule has 1 aromatic carbocycles. The summed E-state index contributed by atoms with van der Waals surface area (Å²) in [6.07, 6.45) is 0. The van der Waals surface area contributed by atoms with E-state index in [0.29, 0.717) is 0 Å². The van der Waals surface area contributed by atoms with Crippen LogP contribution in [0.5, 0.6) is 0 Å². The molecule has 1 rings (SSSR count). The first-order valence-electron chi connectivity index (χ1n) is 5.07. The molecular weight excluding hydrogens is 193 g/mol. The quantitative estimate of drug-likeness (QED) is 0.775. The molecule has 0 saturated carbocycles. The van der Waals surface area contributed by atoms with Gasteiger partial charge in [0.25, 0.3) is 0 Å². The van der Waals surface area contributed by atoms with Gasteiger partial charge in [-0.25, -0.2) is 4.39 Å². The Morgan fingerprint density at radius 2 is 1.73 bits per heavy atom. The van der Waals surface area contributed by atoms with E-state index in [1.54, 1.807) is 12.1 Å². The number of hydroxylamine groups is 1. The Balaban J connectivity index is 2.54. The average Bonchev–Trinajstić information content (AvgIpc) is 2.14. The Labute approximate surface area is 90.4 Å². The molecule has 0 aliphatic heterocycles. The van der Waals surface area contributed by atoms with Crippen LogP contribution in [0.2, 0.25) is 0 Å². The van der Waals surface area contributed by atoms with Gasteiger partial charge in [-0.05, 0) is 45.4 Å². The zero-order chi connectivity index (χ0) is 11.5. The standard InChI is InChI=1S/C12H18FNO/c1-9(14-15-12(2,3)4)10-5-7-11(13)8-6-10/h5-9,14H,1-4H3. The normalized spacial score (nSPS) is 13.9. The second-order valence-corrected chi connectivity index (χ2v) is 4.61. The maximum Gasteiger partial charge on any atom is 0.123 e. The van der Waals surface area contributed by atoms with Crippen LogP contribution in [0.15, 0.2) is 24.3 Å². The molecule has 1 aromatic rings. The van der Waals surface area contributed by atoms with E-state index < -0.39 is 0 Å². The Kier molecular flexibility index (Phi) is 3.83. The molecule has 0 heterocycles. The van der Waals surface area contributed by atoms with Crippen LogP contribution in [0.3, 0.4) is 0 Å². The molecule has 3 heteroatoms. The molecule has 1 unspecified atom stereocenters. The molecule has 1 atom stereocenters. The third-order valence-electron chi connectivity index (χ3n) is 1.91. The lowest BCUT2D eigenvalue weighted by Crippen LogP contribution is -2.30. The molecular formula is C12H18FNO. The van der Waals surface area contributed by atoms with Crippen molar-refractivity contribution in [3.8, 4) is 0 Å². The minimum absolute atomic E-state index is 0.0461. The van der Waals surface area contributed by atoms with Crippen molar-refractivity contribution in [1.82, 2.24) is 5.48 Å². The summed E-state index contributed by atoms with van der Waals surface area (Å²) in [5.74, 6) is -0.220. The summed E-state index contributed by atoms with van der Waals surface area (Å²) in [5, 5.41) is 0. The SMILES string of the molecule is CC(NOC(C)(C)C)c1ccc(F)cc1. The maximum atomic E-state index is 12.7. The first kappa shape index (κ1) is 12.1. The lowest BCUT2D eigenvalue weighted by molar-refractivity contribution is -0.0866. The fourth-order valence-corrected chi connectivity index (χ4v) is 1.08. The van der Waals surface area contributed by atoms with Crippen LogP contribution in [-0.4, -0.2) is 5.60 Å². The summed E-state index contributed by atoms with van der Waals surface area (Å²) in [6.45, 7) is 7.88. The van der Waals surface area contributed by atoms with Crippen LogP contribution in [-0.2, 0) is 4.84 Å². The van der Waals surface area contributed by atoms with Crippen LogP contribution in [0.1, 0.15) is 39.3 Å². The molecule has 2 nitrogen and oxygen atoms in total. The highest BCUT2D eigenvalue weighted by atomic mass is 19.1. The number of rotatable bonds is 3. The molecule has 0 radical (unpaired) electrons. The van der Waals surface area contributed by atoms with Gasteiger partial charge in [-0.3, -0.25) is 4.84 Å². The highest BCUT2D eigenvalue weighted by Gasteiger charge is 2.13. The predicted octanol–water partition coefficient (Wildman–Crippen LogP) is 3.21. The van der Waals surface area contributed by atoms with Crippen molar-refractivity contribution in [3.05, 3.63) is 35.6 Å². The first-order chi connectivity index (χ1) is 6.88. The Morgan fingerprint density at radius 1 is 1.20 bits per heavy atom. The molecule has 0 spiro atoms. The summed E-state index contributed by atoms with van der Waals surface area (Å²) >= 11 is 0. The van der Waals surface area contributed by atoms with Crippen LogP contribution in [0.25, 0.3) is 0 Å². The average molecular weight is 211 g/mol. The van der Waals surface area contributed by atoms with Gasteiger partial charge in [0.1, 0.15) is 5.82 Å². The lowest BCUT2D eigenvalue weighted by atomic mass is 10.1. The number of hydrogen-bond acceptors (Lipinski definition) is 2. The fraction of sp³-hybridized carbons (Fsp3) is 0.500. The van der Waals surface area contributed by atoms with Gasteiger partial charge in [0.05, 0.1) is 11.6 Å². The van der Waals surface area contributed by atoms with Gasteiger partial charge in [0, 0.05) is 0 Å². The van der Waals surface area contributed by atoms with Crippen LogP contribution >= 0.6 is 0 Å². The van der Waals surface area contributed by atoms with Crippen molar-refractivity contribution in [2.45, 2.75) is 39.3 Å². The number of halogens is 1. The molecule has 84 valence electrons. The largest absolute Gasteiger partial charge is 0.296 e. The van der Waals surface area contributed by atoms with Gasteiger partial charge in [0.2, 0.25) is 0 Å². The van der Waals surface area contributed by atoms with E-state index >= 15 is 0 Å². The summed E-state index contributed by atoms with van der Waals surface area (Å²) in [5.41, 5.74) is 3.71. The van der Waals surface area contributed by atoms with Crippen molar-refractivity contribution in [1.29, 1.82) is 0 Å². The Hall–Kier alpha value is -0.930. The van der Waals surface area contributed by atoms with Gasteiger partial charge in [0.15, 0.2) is 0 Å². The van der Waals surface area contributed by atoms with Crippen LogP contribution in [0, 0.1) is 5.82 Å².